The fraction of sp³-hybridized carbons (Fsp3) is 0.167. The monoisotopic (exact) mass is 228 g/mol. The third-order valence-corrected chi connectivity index (χ3v) is 1.66. The number of hydrogen-bond acceptors (Lipinski definition) is 6. The van der Waals surface area contributed by atoms with Gasteiger partial charge in [0.1, 0.15) is 0 Å². The van der Waals surface area contributed by atoms with E-state index >= 15 is 0 Å². The highest BCUT2D eigenvalue weighted by atomic mass is 16.9. The minimum Gasteiger partial charge on any atom is -0.369 e. The van der Waals surface area contributed by atoms with Crippen LogP contribution in [0, 0.1) is 15.3 Å². The van der Waals surface area contributed by atoms with E-state index in [4.69, 9.17) is 21.1 Å². The number of aromatic nitrogens is 4. The highest BCUT2D eigenvalue weighted by Gasteiger charge is 2.12. The number of rotatable bonds is 0. The lowest BCUT2D eigenvalue weighted by atomic mass is 10.5. The van der Waals surface area contributed by atoms with Crippen molar-refractivity contribution in [3.63, 3.8) is 0 Å². The van der Waals surface area contributed by atoms with Gasteiger partial charge in [-0.05, 0) is 0 Å². The predicted molar refractivity (Wildman–Crippen MR) is 52.7 cm³/mol. The van der Waals surface area contributed by atoms with E-state index in [2.05, 4.69) is 15.0 Å². The first-order valence-electron chi connectivity index (χ1n) is 3.96. The van der Waals surface area contributed by atoms with Crippen LogP contribution in [0.15, 0.2) is 11.1 Å². The summed E-state index contributed by atoms with van der Waals surface area (Å²) in [7, 11) is 1.76. The van der Waals surface area contributed by atoms with Crippen molar-refractivity contribution >= 4 is 17.1 Å². The second-order valence-corrected chi connectivity index (χ2v) is 2.76. The molecule has 0 radical (unpaired) electrons. The number of fused-ring (bicyclic) bond motifs is 1. The number of imidazole rings is 1. The van der Waals surface area contributed by atoms with Gasteiger partial charge in [0, 0.05) is 0 Å². The number of H-pyrrole nitrogens is 2. The topological polar surface area (TPSA) is 158 Å². The number of anilines is 1. The fourth-order valence-electron chi connectivity index (χ4n) is 1.13. The van der Waals surface area contributed by atoms with E-state index in [9.17, 15) is 4.79 Å². The Labute approximate surface area is 87.5 Å². The van der Waals surface area contributed by atoms with E-state index < -0.39 is 5.09 Å². The first-order chi connectivity index (χ1) is 7.41. The van der Waals surface area contributed by atoms with Gasteiger partial charge in [0.05, 0.1) is 12.1 Å². The summed E-state index contributed by atoms with van der Waals surface area (Å²) in [5, 5.41) is 14.8. The first kappa shape index (κ1) is 11.4. The van der Waals surface area contributed by atoms with E-state index in [1.807, 2.05) is 0 Å². The first-order valence-corrected chi connectivity index (χ1v) is 3.96. The molecule has 2 heterocycles. The third kappa shape index (κ3) is 2.43. The molecule has 0 unspecified atom stereocenters. The number of nitrogens with zero attached hydrogens (tertiary/aromatic N) is 3. The normalized spacial score (nSPS) is 9.56. The van der Waals surface area contributed by atoms with Gasteiger partial charge in [-0.1, -0.05) is 0 Å². The van der Waals surface area contributed by atoms with Gasteiger partial charge in [-0.3, -0.25) is 9.78 Å². The van der Waals surface area contributed by atoms with Crippen molar-refractivity contribution in [2.75, 3.05) is 5.73 Å². The van der Waals surface area contributed by atoms with Crippen molar-refractivity contribution in [3.8, 4) is 0 Å². The van der Waals surface area contributed by atoms with Gasteiger partial charge in [0.25, 0.3) is 11.2 Å². The van der Waals surface area contributed by atoms with E-state index in [1.165, 1.54) is 0 Å². The summed E-state index contributed by atoms with van der Waals surface area (Å²) in [6.07, 6.45) is 1.65. The van der Waals surface area contributed by atoms with Crippen molar-refractivity contribution < 1.29 is 9.65 Å². The fourth-order valence-corrected chi connectivity index (χ4v) is 1.13. The van der Waals surface area contributed by atoms with Crippen LogP contribution in [0.2, 0.25) is 0 Å². The van der Waals surface area contributed by atoms with Gasteiger partial charge in [-0.25, -0.2) is 9.55 Å². The number of nitrogen functional groups attached to an aromatic ring is 1. The van der Waals surface area contributed by atoms with Crippen LogP contribution in [-0.2, 0) is 7.05 Å². The van der Waals surface area contributed by atoms with Gasteiger partial charge < -0.3 is 21.1 Å². The van der Waals surface area contributed by atoms with Crippen LogP contribution in [-0.4, -0.2) is 20.0 Å². The molecule has 10 nitrogen and oxygen atoms in total. The molecule has 0 atom stereocenters. The molecule has 0 aliphatic rings. The third-order valence-electron chi connectivity index (χ3n) is 1.66. The average Bonchev–Trinajstić information content (AvgIpc) is 2.46. The molecule has 0 spiro atoms. The molecule has 0 saturated carbocycles. The highest BCUT2D eigenvalue weighted by molar-refractivity contribution is 5.65. The molecule has 86 valence electrons. The molecule has 0 amide bonds. The molecule has 0 aliphatic carbocycles. The average molecular weight is 228 g/mol. The molecule has 2 aromatic rings. The zero-order valence-electron chi connectivity index (χ0n) is 8.13. The van der Waals surface area contributed by atoms with Gasteiger partial charge in [0.15, 0.2) is 0 Å². The van der Waals surface area contributed by atoms with Crippen LogP contribution in [0.1, 0.15) is 0 Å². The Balaban J connectivity index is 0.000000280. The van der Waals surface area contributed by atoms with Crippen LogP contribution in [0.5, 0.6) is 0 Å². The van der Waals surface area contributed by atoms with Crippen molar-refractivity contribution in [3.05, 3.63) is 32.0 Å². The summed E-state index contributed by atoms with van der Waals surface area (Å²) in [5.41, 5.74) is 6.09. The second-order valence-electron chi connectivity index (χ2n) is 2.76. The van der Waals surface area contributed by atoms with Gasteiger partial charge in [-0.2, -0.15) is 4.98 Å². The maximum absolute atomic E-state index is 11.3. The molecule has 4 N–H and O–H groups in total. The standard InChI is InChI=1S/C6H7N5O.NO3/c1-11-2-8-4-3(11)5(12)10-6(7)9-4;2-1(3)4/h2H,1H3,(H3,7,9,10,12);/q;-1/p+1. The highest BCUT2D eigenvalue weighted by Crippen LogP contribution is 1.96. The smallest absolute Gasteiger partial charge is 0.304 e. The molecular weight excluding hydrogens is 220 g/mol. The molecule has 0 saturated heterocycles. The van der Waals surface area contributed by atoms with Crippen molar-refractivity contribution in [1.82, 2.24) is 15.0 Å². The summed E-state index contributed by atoms with van der Waals surface area (Å²) in [4.78, 5) is 28.6. The lowest BCUT2D eigenvalue weighted by Crippen LogP contribution is -2.31. The number of aryl methyl sites for hydroxylation is 1. The molecule has 16 heavy (non-hydrogen) atoms. The Morgan fingerprint density at radius 2 is 2.12 bits per heavy atom. The number of aromatic amines is 2. The molecule has 2 rings (SSSR count). The Morgan fingerprint density at radius 1 is 1.56 bits per heavy atom. The van der Waals surface area contributed by atoms with Crippen LogP contribution in [0.3, 0.4) is 0 Å². The van der Waals surface area contributed by atoms with Crippen molar-refractivity contribution in [2.45, 2.75) is 0 Å². The van der Waals surface area contributed by atoms with Crippen molar-refractivity contribution in [2.24, 2.45) is 7.05 Å². The molecule has 2 aromatic heterocycles. The number of nitrogens with two attached hydrogens (primary N) is 1. The maximum Gasteiger partial charge on any atom is 0.304 e. The Kier molecular flexibility index (Phi) is 3.03. The lowest BCUT2D eigenvalue weighted by molar-refractivity contribution is -0.645. The second kappa shape index (κ2) is 4.25. The number of hydrogen-bond donors (Lipinski definition) is 3. The van der Waals surface area contributed by atoms with Crippen LogP contribution in [0.25, 0.3) is 11.2 Å². The van der Waals surface area contributed by atoms with E-state index in [1.54, 1.807) is 17.9 Å². The summed E-state index contributed by atoms with van der Waals surface area (Å²) >= 11 is 0. The van der Waals surface area contributed by atoms with Crippen molar-refractivity contribution in [1.29, 1.82) is 0 Å². The SMILES string of the molecule is C[n+]1c[nH]c2nc(N)[nH]c(=O)c21.O=[N+]([O-])[O-]. The van der Waals surface area contributed by atoms with E-state index in [0.29, 0.717) is 11.2 Å². The Bertz CT molecular complexity index is 568. The molecule has 0 aliphatic heterocycles. The molecule has 0 bridgehead atoms. The summed E-state index contributed by atoms with van der Waals surface area (Å²) < 4.78 is 1.65. The van der Waals surface area contributed by atoms with Gasteiger partial charge in [0.2, 0.25) is 12.3 Å². The largest absolute Gasteiger partial charge is 0.369 e. The summed E-state index contributed by atoms with van der Waals surface area (Å²) in [5.74, 6) is 0.120. The maximum atomic E-state index is 11.3. The molecule has 0 fully saturated rings. The summed E-state index contributed by atoms with van der Waals surface area (Å²) in [6.45, 7) is 0. The summed E-state index contributed by atoms with van der Waals surface area (Å²) in [6, 6.07) is 0. The Hall–Kier alpha value is -2.65. The zero-order valence-corrected chi connectivity index (χ0v) is 8.13. The lowest BCUT2D eigenvalue weighted by Gasteiger charge is -1.88. The Morgan fingerprint density at radius 3 is 2.69 bits per heavy atom. The zero-order chi connectivity index (χ0) is 12.3. The minimum atomic E-state index is -1.75. The van der Waals surface area contributed by atoms with Gasteiger partial charge >= 0.3 is 5.56 Å². The van der Waals surface area contributed by atoms with E-state index in [-0.39, 0.29) is 11.5 Å². The number of nitrogens with one attached hydrogen (secondary N) is 2. The quantitative estimate of drug-likeness (QED) is 0.280. The van der Waals surface area contributed by atoms with E-state index in [0.717, 1.165) is 0 Å². The van der Waals surface area contributed by atoms with Crippen LogP contribution >= 0.6 is 0 Å². The van der Waals surface area contributed by atoms with Crippen LogP contribution in [0.4, 0.5) is 5.95 Å². The molecule has 0 aromatic carbocycles. The molecule has 10 heteroatoms. The minimum absolute atomic E-state index is 0.120. The van der Waals surface area contributed by atoms with Gasteiger partial charge in [-0.15, -0.1) is 0 Å². The van der Waals surface area contributed by atoms with Crippen LogP contribution < -0.4 is 15.9 Å². The predicted octanol–water partition coefficient (Wildman–Crippen LogP) is -1.58. The molecular formula is C6H8N6O4.